The minimum Gasteiger partial charge on any atom is -0.309 e. The van der Waals surface area contributed by atoms with Gasteiger partial charge < -0.3 is 9.13 Å². The Morgan fingerprint density at radius 1 is 0.380 bits per heavy atom. The maximum Gasteiger partial charge on any atom is 0.266 e. The topological polar surface area (TPSA) is 47.2 Å². The maximum atomic E-state index is 13.8. The van der Waals surface area contributed by atoms with Gasteiger partial charge in [-0.2, -0.15) is 0 Å². The fourth-order valence-electron chi connectivity index (χ4n) is 8.07. The number of para-hydroxylation sites is 4. The van der Waals surface area contributed by atoms with Gasteiger partial charge in [-0.25, -0.2) is 4.90 Å². The number of amides is 2. The molecule has 3 aromatic heterocycles. The van der Waals surface area contributed by atoms with Crippen molar-refractivity contribution in [2.45, 2.75) is 0 Å². The molecule has 0 N–H and O–H groups in total. The summed E-state index contributed by atoms with van der Waals surface area (Å²) in [6.07, 6.45) is 0. The molecule has 4 heterocycles. The first-order valence-electron chi connectivity index (χ1n) is 16.6. The van der Waals surface area contributed by atoms with Crippen molar-refractivity contribution in [2.24, 2.45) is 0 Å². The van der Waals surface area contributed by atoms with E-state index in [4.69, 9.17) is 0 Å². The number of benzene rings is 7. The average Bonchev–Trinajstić information content (AvgIpc) is 3.87. The zero-order chi connectivity index (χ0) is 33.1. The Kier molecular flexibility index (Phi) is 5.50. The second kappa shape index (κ2) is 10.0. The lowest BCUT2D eigenvalue weighted by Crippen LogP contribution is -2.30. The highest BCUT2D eigenvalue weighted by Crippen LogP contribution is 2.43. The van der Waals surface area contributed by atoms with Crippen molar-refractivity contribution in [3.05, 3.63) is 163 Å². The summed E-state index contributed by atoms with van der Waals surface area (Å²) in [6.45, 7) is 0. The Morgan fingerprint density at radius 3 is 1.64 bits per heavy atom. The Labute approximate surface area is 289 Å². The van der Waals surface area contributed by atoms with Crippen LogP contribution in [0.3, 0.4) is 0 Å². The van der Waals surface area contributed by atoms with Gasteiger partial charge in [0.1, 0.15) is 0 Å². The lowest BCUT2D eigenvalue weighted by Gasteiger charge is -2.20. The Balaban J connectivity index is 1.22. The van der Waals surface area contributed by atoms with E-state index in [0.29, 0.717) is 16.8 Å². The van der Waals surface area contributed by atoms with Crippen molar-refractivity contribution in [2.75, 3.05) is 4.90 Å². The molecular weight excluding hydrogens is 635 g/mol. The van der Waals surface area contributed by atoms with Crippen LogP contribution in [0.2, 0.25) is 0 Å². The first kappa shape index (κ1) is 27.5. The number of carbonyl (C=O) groups excluding carboxylic acids is 2. The monoisotopic (exact) mass is 659 g/mol. The molecule has 1 aliphatic heterocycles. The van der Waals surface area contributed by atoms with Gasteiger partial charge in [-0.05, 0) is 72.8 Å². The third-order valence-corrected chi connectivity index (χ3v) is 11.4. The van der Waals surface area contributed by atoms with E-state index in [9.17, 15) is 9.59 Å². The summed E-state index contributed by atoms with van der Waals surface area (Å²) in [7, 11) is 0. The maximum absolute atomic E-state index is 13.8. The molecule has 1 aliphatic rings. The Hall–Kier alpha value is -6.50. The number of imide groups is 1. The van der Waals surface area contributed by atoms with Crippen LogP contribution in [-0.4, -0.2) is 20.9 Å². The van der Waals surface area contributed by atoms with Gasteiger partial charge in [0.05, 0.1) is 44.6 Å². The van der Waals surface area contributed by atoms with Gasteiger partial charge in [-0.3, -0.25) is 9.59 Å². The summed E-state index contributed by atoms with van der Waals surface area (Å²) < 4.78 is 7.13. The van der Waals surface area contributed by atoms with Gasteiger partial charge in [0, 0.05) is 47.4 Å². The highest BCUT2D eigenvalue weighted by molar-refractivity contribution is 7.25. The van der Waals surface area contributed by atoms with Gasteiger partial charge in [0.2, 0.25) is 0 Å². The molecule has 7 aromatic carbocycles. The van der Waals surface area contributed by atoms with Crippen LogP contribution in [0.5, 0.6) is 0 Å². The predicted molar refractivity (Wildman–Crippen MR) is 206 cm³/mol. The molecule has 0 fully saturated rings. The molecule has 5 nitrogen and oxygen atoms in total. The van der Waals surface area contributed by atoms with Crippen molar-refractivity contribution in [3.8, 4) is 11.4 Å². The third-order valence-electron chi connectivity index (χ3n) is 10.2. The smallest absolute Gasteiger partial charge is 0.266 e. The van der Waals surface area contributed by atoms with E-state index >= 15 is 0 Å². The predicted octanol–water partition coefficient (Wildman–Crippen LogP) is 11.0. The van der Waals surface area contributed by atoms with Crippen LogP contribution in [0, 0.1) is 0 Å². The standard InChI is InChI=1S/C44H25N3O2S/c48-43-30-14-1-2-15-31(30)44(49)47(43)38-19-9-8-18-37(38)46-36-17-7-4-12-28(36)33-24-32-27-11-3-6-16-35(27)45(39(32)25-40(33)46)26-21-22-42-34(23-26)29-13-5-10-20-41(29)50-42/h1-25H. The van der Waals surface area contributed by atoms with Crippen molar-refractivity contribution >= 4 is 92.6 Å². The number of rotatable bonds is 3. The Morgan fingerprint density at radius 2 is 0.920 bits per heavy atom. The number of nitrogens with zero attached hydrogens (tertiary/aromatic N) is 3. The van der Waals surface area contributed by atoms with Crippen LogP contribution < -0.4 is 4.90 Å². The first-order valence-corrected chi connectivity index (χ1v) is 17.4. The molecular formula is C44H25N3O2S. The van der Waals surface area contributed by atoms with Gasteiger partial charge in [0.15, 0.2) is 0 Å². The quantitative estimate of drug-likeness (QED) is 0.177. The second-order valence-corrected chi connectivity index (χ2v) is 13.9. The molecule has 2 amide bonds. The van der Waals surface area contributed by atoms with Gasteiger partial charge in [-0.1, -0.05) is 78.9 Å². The molecule has 0 atom stereocenters. The molecule has 10 aromatic rings. The average molecular weight is 660 g/mol. The molecule has 234 valence electrons. The largest absolute Gasteiger partial charge is 0.309 e. The summed E-state index contributed by atoms with van der Waals surface area (Å²) in [4.78, 5) is 28.9. The van der Waals surface area contributed by atoms with Crippen molar-refractivity contribution in [1.29, 1.82) is 0 Å². The van der Waals surface area contributed by atoms with E-state index in [1.807, 2.05) is 41.7 Å². The van der Waals surface area contributed by atoms with Crippen LogP contribution in [-0.2, 0) is 0 Å². The van der Waals surface area contributed by atoms with Crippen LogP contribution >= 0.6 is 11.3 Å². The molecule has 11 rings (SSSR count). The summed E-state index contributed by atoms with van der Waals surface area (Å²) >= 11 is 1.82. The first-order chi connectivity index (χ1) is 24.7. The Bertz CT molecular complexity index is 3070. The molecule has 0 saturated heterocycles. The number of anilines is 1. The van der Waals surface area contributed by atoms with E-state index in [0.717, 1.165) is 44.2 Å². The van der Waals surface area contributed by atoms with Gasteiger partial charge in [-0.15, -0.1) is 11.3 Å². The lowest BCUT2D eigenvalue weighted by molar-refractivity contribution is 0.0926. The zero-order valence-corrected chi connectivity index (χ0v) is 27.3. The zero-order valence-electron chi connectivity index (χ0n) is 26.5. The fraction of sp³-hybridized carbons (Fsp3) is 0. The van der Waals surface area contributed by atoms with E-state index in [1.54, 1.807) is 24.3 Å². The van der Waals surface area contributed by atoms with Crippen molar-refractivity contribution in [3.63, 3.8) is 0 Å². The normalized spacial score (nSPS) is 13.2. The molecule has 0 saturated carbocycles. The van der Waals surface area contributed by atoms with Gasteiger partial charge in [0.25, 0.3) is 11.8 Å². The van der Waals surface area contributed by atoms with Crippen molar-refractivity contribution in [1.82, 2.24) is 9.13 Å². The lowest BCUT2D eigenvalue weighted by atomic mass is 10.1. The molecule has 6 heteroatoms. The minimum absolute atomic E-state index is 0.308. The SMILES string of the molecule is O=C1c2ccccc2C(=O)N1c1ccccc1-n1c2ccccc2c2cc3c4ccccc4n(-c4ccc5sc6ccccc6c5c4)c3cc21. The molecule has 0 unspecified atom stereocenters. The molecule has 0 radical (unpaired) electrons. The minimum atomic E-state index is -0.308. The number of hydrogen-bond acceptors (Lipinski definition) is 3. The van der Waals surface area contributed by atoms with E-state index in [-0.39, 0.29) is 11.8 Å². The fourth-order valence-corrected chi connectivity index (χ4v) is 9.16. The molecule has 0 spiro atoms. The highest BCUT2D eigenvalue weighted by atomic mass is 32.1. The van der Waals surface area contributed by atoms with Crippen molar-refractivity contribution < 1.29 is 9.59 Å². The summed E-state index contributed by atoms with van der Waals surface area (Å²) in [5.41, 5.74) is 7.48. The van der Waals surface area contributed by atoms with Crippen LogP contribution in [0.25, 0.3) is 75.2 Å². The second-order valence-electron chi connectivity index (χ2n) is 12.9. The third kappa shape index (κ3) is 3.60. The molecule has 50 heavy (non-hydrogen) atoms. The molecule has 0 bridgehead atoms. The van der Waals surface area contributed by atoms with E-state index in [2.05, 4.69) is 106 Å². The van der Waals surface area contributed by atoms with Crippen LogP contribution in [0.15, 0.2) is 152 Å². The van der Waals surface area contributed by atoms with E-state index < -0.39 is 0 Å². The van der Waals surface area contributed by atoms with Crippen LogP contribution in [0.1, 0.15) is 20.7 Å². The highest BCUT2D eigenvalue weighted by Gasteiger charge is 2.38. The summed E-state index contributed by atoms with van der Waals surface area (Å²) in [6, 6.07) is 51.7. The molecule has 0 aliphatic carbocycles. The van der Waals surface area contributed by atoms with Crippen LogP contribution in [0.4, 0.5) is 5.69 Å². The number of aromatic nitrogens is 2. The van der Waals surface area contributed by atoms with Gasteiger partial charge >= 0.3 is 0 Å². The summed E-state index contributed by atoms with van der Waals surface area (Å²) in [5, 5.41) is 7.07. The number of fused-ring (bicyclic) bond motifs is 10. The number of carbonyl (C=O) groups is 2. The number of hydrogen-bond donors (Lipinski definition) is 0. The number of thiophene rings is 1. The summed E-state index contributed by atoms with van der Waals surface area (Å²) in [5.74, 6) is -0.615. The van der Waals surface area contributed by atoms with E-state index in [1.165, 1.54) is 35.8 Å².